The number of para-hydroxylation sites is 2. The maximum absolute atomic E-state index is 5.87. The summed E-state index contributed by atoms with van der Waals surface area (Å²) in [6, 6.07) is 71.0. The first-order valence-corrected chi connectivity index (χ1v) is 21.8. The van der Waals surface area contributed by atoms with Gasteiger partial charge in [-0.3, -0.25) is 4.57 Å². The Labute approximate surface area is 362 Å². The van der Waals surface area contributed by atoms with Gasteiger partial charge in [-0.2, -0.15) is 0 Å². The first kappa shape index (κ1) is 34.6. The first-order chi connectivity index (χ1) is 31.0. The molecule has 63 heavy (non-hydrogen) atoms. The number of hydrogen-bond acceptors (Lipinski definition) is 2. The van der Waals surface area contributed by atoms with E-state index in [-0.39, 0.29) is 5.41 Å². The lowest BCUT2D eigenvalue weighted by atomic mass is 9.85. The molecule has 1 aliphatic carbocycles. The highest BCUT2D eigenvalue weighted by Gasteiger charge is 2.39. The normalized spacial score (nSPS) is 13.4. The van der Waals surface area contributed by atoms with Gasteiger partial charge in [0.05, 0.1) is 33.5 Å². The molecule has 0 bridgehead atoms. The number of hydrogen-bond donors (Lipinski definition) is 0. The average molecular weight is 803 g/mol. The quantitative estimate of drug-likeness (QED) is 0.167. The third-order valence-electron chi connectivity index (χ3n) is 14.0. The van der Waals surface area contributed by atoms with Crippen molar-refractivity contribution >= 4 is 86.7 Å². The summed E-state index contributed by atoms with van der Waals surface area (Å²) in [6.07, 6.45) is 0. The monoisotopic (exact) mass is 802 g/mol. The van der Waals surface area contributed by atoms with Crippen LogP contribution in [0.2, 0.25) is 0 Å². The smallest absolute Gasteiger partial charge is 0.165 e. The Morgan fingerprint density at radius 1 is 0.381 bits per heavy atom. The van der Waals surface area contributed by atoms with Gasteiger partial charge in [-0.05, 0) is 91.8 Å². The SMILES string of the molecule is CC1(C)c2ccccc2-c2nc(-n3c4cc5ccccc5cc4c4c5c6ccccc6c6ccccc6c5ccc43)c(-c3ccc4c(c3)c3ccccc3n4-c3ccccc3)nc21. The molecule has 1 aliphatic rings. The molecule has 3 aromatic heterocycles. The number of benzene rings is 10. The van der Waals surface area contributed by atoms with Crippen LogP contribution in [0.15, 0.2) is 194 Å². The van der Waals surface area contributed by atoms with Gasteiger partial charge in [-0.15, -0.1) is 0 Å². The molecule has 4 nitrogen and oxygen atoms in total. The Balaban J connectivity index is 1.16. The van der Waals surface area contributed by atoms with Crippen LogP contribution in [0, 0.1) is 0 Å². The highest BCUT2D eigenvalue weighted by Crippen LogP contribution is 2.50. The molecule has 14 rings (SSSR count). The van der Waals surface area contributed by atoms with Crippen molar-refractivity contribution in [2.75, 3.05) is 0 Å². The molecule has 0 atom stereocenters. The minimum atomic E-state index is -0.340. The Hall–Kier alpha value is -8.08. The van der Waals surface area contributed by atoms with Gasteiger partial charge in [0.15, 0.2) is 5.82 Å². The fraction of sp³-hybridized carbons (Fsp3) is 0.0508. The van der Waals surface area contributed by atoms with Crippen molar-refractivity contribution in [3.8, 4) is 34.0 Å². The van der Waals surface area contributed by atoms with Gasteiger partial charge >= 0.3 is 0 Å². The molecule has 294 valence electrons. The average Bonchev–Trinajstić information content (AvgIpc) is 3.92. The summed E-state index contributed by atoms with van der Waals surface area (Å²) in [4.78, 5) is 11.7. The van der Waals surface area contributed by atoms with Crippen molar-refractivity contribution in [3.63, 3.8) is 0 Å². The van der Waals surface area contributed by atoms with E-state index in [0.717, 1.165) is 56.3 Å². The Bertz CT molecular complexity index is 4080. The largest absolute Gasteiger partial charge is 0.309 e. The number of fused-ring (bicyclic) bond motifs is 17. The van der Waals surface area contributed by atoms with E-state index < -0.39 is 0 Å². The molecule has 0 amide bonds. The van der Waals surface area contributed by atoms with E-state index in [2.05, 4.69) is 217 Å². The van der Waals surface area contributed by atoms with Crippen LogP contribution in [0.4, 0.5) is 0 Å². The lowest BCUT2D eigenvalue weighted by Crippen LogP contribution is -2.18. The predicted molar refractivity (Wildman–Crippen MR) is 264 cm³/mol. The molecular formula is C59H38N4. The minimum absolute atomic E-state index is 0.340. The fourth-order valence-corrected chi connectivity index (χ4v) is 11.2. The van der Waals surface area contributed by atoms with Crippen LogP contribution < -0.4 is 0 Å². The zero-order valence-corrected chi connectivity index (χ0v) is 34.8. The van der Waals surface area contributed by atoms with Crippen molar-refractivity contribution < 1.29 is 0 Å². The second-order valence-electron chi connectivity index (χ2n) is 17.7. The van der Waals surface area contributed by atoms with Crippen molar-refractivity contribution in [1.29, 1.82) is 0 Å². The lowest BCUT2D eigenvalue weighted by Gasteiger charge is -2.21. The molecule has 0 saturated carbocycles. The number of aromatic nitrogens is 4. The van der Waals surface area contributed by atoms with Crippen LogP contribution in [-0.4, -0.2) is 19.1 Å². The lowest BCUT2D eigenvalue weighted by molar-refractivity contribution is 0.635. The minimum Gasteiger partial charge on any atom is -0.309 e. The highest BCUT2D eigenvalue weighted by atomic mass is 15.1. The van der Waals surface area contributed by atoms with Gasteiger partial charge in [0, 0.05) is 49.2 Å². The second kappa shape index (κ2) is 12.5. The molecule has 0 radical (unpaired) electrons. The van der Waals surface area contributed by atoms with Gasteiger partial charge < -0.3 is 4.57 Å². The van der Waals surface area contributed by atoms with E-state index in [1.807, 2.05) is 0 Å². The summed E-state index contributed by atoms with van der Waals surface area (Å²) in [5.41, 5.74) is 11.6. The van der Waals surface area contributed by atoms with Crippen molar-refractivity contribution in [3.05, 3.63) is 205 Å². The van der Waals surface area contributed by atoms with Crippen LogP contribution in [0.5, 0.6) is 0 Å². The van der Waals surface area contributed by atoms with Crippen LogP contribution in [0.1, 0.15) is 25.1 Å². The molecule has 0 spiro atoms. The Morgan fingerprint density at radius 3 is 1.78 bits per heavy atom. The summed E-state index contributed by atoms with van der Waals surface area (Å²) in [5.74, 6) is 0.826. The molecule has 0 N–H and O–H groups in total. The molecule has 13 aromatic rings. The molecular weight excluding hydrogens is 765 g/mol. The van der Waals surface area contributed by atoms with E-state index in [1.165, 1.54) is 75.7 Å². The molecule has 0 aliphatic heterocycles. The van der Waals surface area contributed by atoms with Crippen LogP contribution >= 0.6 is 0 Å². The standard InChI is InChI=1S/C59H38N4/c1-59(2)48-26-14-12-25-45(48)56-57(59)60-55(37-28-30-50-46(33-37)42-23-13-15-27-49(42)62(50)38-18-4-3-5-19-38)58(61-56)63-51-31-29-44-41-22-9-8-20-39(41)40-21-10-11-24-43(40)53(44)54(51)47-32-35-16-6-7-17-36(35)34-52(47)63/h3-34H,1-2H3. The third kappa shape index (κ3) is 4.64. The third-order valence-corrected chi connectivity index (χ3v) is 14.0. The fourth-order valence-electron chi connectivity index (χ4n) is 11.2. The van der Waals surface area contributed by atoms with Gasteiger partial charge in [0.1, 0.15) is 5.69 Å². The van der Waals surface area contributed by atoms with E-state index in [4.69, 9.17) is 9.97 Å². The maximum Gasteiger partial charge on any atom is 0.165 e. The molecule has 4 heteroatoms. The first-order valence-electron chi connectivity index (χ1n) is 21.8. The molecule has 10 aromatic carbocycles. The van der Waals surface area contributed by atoms with Crippen molar-refractivity contribution in [2.24, 2.45) is 0 Å². The van der Waals surface area contributed by atoms with Gasteiger partial charge in [0.25, 0.3) is 0 Å². The van der Waals surface area contributed by atoms with Crippen molar-refractivity contribution in [2.45, 2.75) is 19.3 Å². The summed E-state index contributed by atoms with van der Waals surface area (Å²) in [6.45, 7) is 4.58. The molecule has 3 heterocycles. The van der Waals surface area contributed by atoms with E-state index >= 15 is 0 Å². The summed E-state index contributed by atoms with van der Waals surface area (Å²) < 4.78 is 4.80. The maximum atomic E-state index is 5.87. The molecule has 0 saturated heterocycles. The van der Waals surface area contributed by atoms with Gasteiger partial charge in [0.2, 0.25) is 0 Å². The Morgan fingerprint density at radius 2 is 0.984 bits per heavy atom. The Kier molecular flexibility index (Phi) is 6.87. The summed E-state index contributed by atoms with van der Waals surface area (Å²) in [5, 5.41) is 14.8. The number of nitrogens with zero attached hydrogens (tertiary/aromatic N) is 4. The van der Waals surface area contributed by atoms with Crippen LogP contribution in [-0.2, 0) is 5.41 Å². The number of rotatable bonds is 3. The van der Waals surface area contributed by atoms with E-state index in [1.54, 1.807) is 0 Å². The van der Waals surface area contributed by atoms with Crippen molar-refractivity contribution in [1.82, 2.24) is 19.1 Å². The summed E-state index contributed by atoms with van der Waals surface area (Å²) in [7, 11) is 0. The summed E-state index contributed by atoms with van der Waals surface area (Å²) >= 11 is 0. The van der Waals surface area contributed by atoms with Gasteiger partial charge in [-0.25, -0.2) is 9.97 Å². The zero-order chi connectivity index (χ0) is 41.6. The zero-order valence-electron chi connectivity index (χ0n) is 34.8. The molecule has 0 fully saturated rings. The van der Waals surface area contributed by atoms with Crippen LogP contribution in [0.3, 0.4) is 0 Å². The van der Waals surface area contributed by atoms with Crippen LogP contribution in [0.25, 0.3) is 121 Å². The molecule has 0 unspecified atom stereocenters. The topological polar surface area (TPSA) is 35.6 Å². The second-order valence-corrected chi connectivity index (χ2v) is 17.7. The predicted octanol–water partition coefficient (Wildman–Crippen LogP) is 15.3. The van der Waals surface area contributed by atoms with E-state index in [9.17, 15) is 0 Å². The van der Waals surface area contributed by atoms with E-state index in [0.29, 0.717) is 0 Å². The highest BCUT2D eigenvalue weighted by molar-refractivity contribution is 6.36. The van der Waals surface area contributed by atoms with Gasteiger partial charge in [-0.1, -0.05) is 159 Å².